The zero-order valence-corrected chi connectivity index (χ0v) is 15.3. The molecule has 1 aromatic heterocycles. The molecular formula is C21H25N5. The molecule has 0 bridgehead atoms. The van der Waals surface area contributed by atoms with E-state index >= 15 is 0 Å². The van der Waals surface area contributed by atoms with E-state index in [1.54, 1.807) is 7.05 Å². The first-order chi connectivity index (χ1) is 12.7. The summed E-state index contributed by atoms with van der Waals surface area (Å²) >= 11 is 0. The Morgan fingerprint density at radius 1 is 1.00 bits per heavy atom. The van der Waals surface area contributed by atoms with Gasteiger partial charge in [-0.25, -0.2) is 4.68 Å². The van der Waals surface area contributed by atoms with Crippen molar-refractivity contribution in [3.8, 4) is 5.69 Å². The molecule has 0 amide bonds. The number of para-hydroxylation sites is 1. The molecule has 3 rings (SSSR count). The van der Waals surface area contributed by atoms with Crippen molar-refractivity contribution in [2.75, 3.05) is 13.6 Å². The highest BCUT2D eigenvalue weighted by molar-refractivity contribution is 5.79. The van der Waals surface area contributed by atoms with Crippen LogP contribution >= 0.6 is 0 Å². The second-order valence-corrected chi connectivity index (χ2v) is 6.22. The Hall–Kier alpha value is -3.08. The van der Waals surface area contributed by atoms with E-state index in [9.17, 15) is 0 Å². The molecule has 0 aliphatic heterocycles. The predicted octanol–water partition coefficient (Wildman–Crippen LogP) is 3.09. The van der Waals surface area contributed by atoms with Gasteiger partial charge < -0.3 is 10.6 Å². The maximum absolute atomic E-state index is 4.43. The number of nitrogens with one attached hydrogen (secondary N) is 2. The maximum atomic E-state index is 4.43. The molecule has 2 aromatic carbocycles. The van der Waals surface area contributed by atoms with Crippen LogP contribution in [0.3, 0.4) is 0 Å². The van der Waals surface area contributed by atoms with Crippen LogP contribution in [0.2, 0.25) is 0 Å². The Bertz CT molecular complexity index is 834. The highest BCUT2D eigenvalue weighted by Gasteiger charge is 2.02. The van der Waals surface area contributed by atoms with Gasteiger partial charge in [-0.2, -0.15) is 5.10 Å². The van der Waals surface area contributed by atoms with Crippen molar-refractivity contribution in [1.29, 1.82) is 0 Å². The third kappa shape index (κ3) is 4.96. The monoisotopic (exact) mass is 347 g/mol. The molecule has 0 spiro atoms. The molecule has 26 heavy (non-hydrogen) atoms. The molecule has 0 fully saturated rings. The maximum Gasteiger partial charge on any atom is 0.191 e. The van der Waals surface area contributed by atoms with E-state index in [4.69, 9.17) is 0 Å². The molecule has 0 radical (unpaired) electrons. The van der Waals surface area contributed by atoms with Crippen LogP contribution in [0.15, 0.2) is 72.0 Å². The summed E-state index contributed by atoms with van der Waals surface area (Å²) in [5.41, 5.74) is 4.77. The van der Waals surface area contributed by atoms with E-state index in [2.05, 4.69) is 58.1 Å². The predicted molar refractivity (Wildman–Crippen MR) is 107 cm³/mol. The average Bonchev–Trinajstić information content (AvgIpc) is 3.15. The van der Waals surface area contributed by atoms with E-state index < -0.39 is 0 Å². The lowest BCUT2D eigenvalue weighted by molar-refractivity contribution is 0.794. The first kappa shape index (κ1) is 17.7. The topological polar surface area (TPSA) is 54.2 Å². The number of aromatic nitrogens is 2. The molecule has 0 aliphatic carbocycles. The van der Waals surface area contributed by atoms with Crippen molar-refractivity contribution >= 4 is 5.96 Å². The first-order valence-corrected chi connectivity index (χ1v) is 8.83. The molecule has 5 nitrogen and oxygen atoms in total. The highest BCUT2D eigenvalue weighted by atomic mass is 15.3. The van der Waals surface area contributed by atoms with Crippen LogP contribution in [-0.2, 0) is 13.0 Å². The van der Waals surface area contributed by atoms with Gasteiger partial charge in [-0.05, 0) is 36.6 Å². The van der Waals surface area contributed by atoms with Crippen LogP contribution in [-0.4, -0.2) is 29.3 Å². The highest BCUT2D eigenvalue weighted by Crippen LogP contribution is 2.07. The van der Waals surface area contributed by atoms with E-state index in [1.807, 2.05) is 41.2 Å². The standard InChI is InChI=1S/C21H25N5/c1-17-8-10-18(11-9-17)14-24-21(22-2)23-13-12-19-15-25-26(16-19)20-6-4-3-5-7-20/h3-11,15-16H,12-14H2,1-2H3,(H2,22,23,24). The van der Waals surface area contributed by atoms with Gasteiger partial charge in [0.25, 0.3) is 0 Å². The molecule has 5 heteroatoms. The molecule has 0 saturated heterocycles. The third-order valence-corrected chi connectivity index (χ3v) is 4.17. The summed E-state index contributed by atoms with van der Waals surface area (Å²) in [6.07, 6.45) is 4.87. The minimum absolute atomic E-state index is 0.756. The number of hydrogen-bond acceptors (Lipinski definition) is 2. The zero-order valence-electron chi connectivity index (χ0n) is 15.3. The van der Waals surface area contributed by atoms with Gasteiger partial charge in [0.15, 0.2) is 5.96 Å². The van der Waals surface area contributed by atoms with E-state index in [0.29, 0.717) is 0 Å². The summed E-state index contributed by atoms with van der Waals surface area (Å²) in [6, 6.07) is 18.6. The van der Waals surface area contributed by atoms with Crippen molar-refractivity contribution in [2.24, 2.45) is 4.99 Å². The Kier molecular flexibility index (Phi) is 6.04. The SMILES string of the molecule is CN=C(NCCc1cnn(-c2ccccc2)c1)NCc1ccc(C)cc1. The molecule has 134 valence electrons. The van der Waals surface area contributed by atoms with Gasteiger partial charge in [-0.15, -0.1) is 0 Å². The Labute approximate surface area is 154 Å². The molecule has 0 saturated carbocycles. The summed E-state index contributed by atoms with van der Waals surface area (Å²) in [6.45, 7) is 3.65. The molecule has 0 aliphatic rings. The zero-order chi connectivity index (χ0) is 18.2. The average molecular weight is 347 g/mol. The van der Waals surface area contributed by atoms with Crippen molar-refractivity contribution in [1.82, 2.24) is 20.4 Å². The van der Waals surface area contributed by atoms with Gasteiger partial charge in [0, 0.05) is 26.3 Å². The Balaban J connectivity index is 1.46. The van der Waals surface area contributed by atoms with Gasteiger partial charge in [0.1, 0.15) is 0 Å². The normalized spacial score (nSPS) is 11.4. The molecular weight excluding hydrogens is 322 g/mol. The fraction of sp³-hybridized carbons (Fsp3) is 0.238. The number of nitrogens with zero attached hydrogens (tertiary/aromatic N) is 3. The lowest BCUT2D eigenvalue weighted by Gasteiger charge is -2.11. The number of aliphatic imine (C=N–C) groups is 1. The summed E-state index contributed by atoms with van der Waals surface area (Å²) < 4.78 is 1.90. The fourth-order valence-electron chi connectivity index (χ4n) is 2.65. The minimum Gasteiger partial charge on any atom is -0.356 e. The molecule has 1 heterocycles. The lowest BCUT2D eigenvalue weighted by atomic mass is 10.1. The molecule has 2 N–H and O–H groups in total. The molecule has 0 unspecified atom stereocenters. The van der Waals surface area contributed by atoms with Gasteiger partial charge >= 0.3 is 0 Å². The number of hydrogen-bond donors (Lipinski definition) is 2. The van der Waals surface area contributed by atoms with Crippen LogP contribution in [0, 0.1) is 6.92 Å². The second kappa shape index (κ2) is 8.85. The first-order valence-electron chi connectivity index (χ1n) is 8.83. The van der Waals surface area contributed by atoms with Crippen LogP contribution in [0.1, 0.15) is 16.7 Å². The van der Waals surface area contributed by atoms with Gasteiger partial charge in [-0.3, -0.25) is 4.99 Å². The van der Waals surface area contributed by atoms with Gasteiger partial charge in [0.05, 0.1) is 11.9 Å². The van der Waals surface area contributed by atoms with Crippen molar-refractivity contribution in [3.05, 3.63) is 83.7 Å². The Morgan fingerprint density at radius 2 is 1.77 bits per heavy atom. The summed E-state index contributed by atoms with van der Waals surface area (Å²) in [4.78, 5) is 4.28. The van der Waals surface area contributed by atoms with Crippen LogP contribution in [0.4, 0.5) is 0 Å². The second-order valence-electron chi connectivity index (χ2n) is 6.22. The van der Waals surface area contributed by atoms with Crippen LogP contribution in [0.25, 0.3) is 5.69 Å². The number of benzene rings is 2. The quantitative estimate of drug-likeness (QED) is 0.532. The fourth-order valence-corrected chi connectivity index (χ4v) is 2.65. The number of rotatable bonds is 6. The largest absolute Gasteiger partial charge is 0.356 e. The lowest BCUT2D eigenvalue weighted by Crippen LogP contribution is -2.37. The van der Waals surface area contributed by atoms with Crippen molar-refractivity contribution < 1.29 is 0 Å². The van der Waals surface area contributed by atoms with Crippen LogP contribution < -0.4 is 10.6 Å². The number of guanidine groups is 1. The minimum atomic E-state index is 0.756. The van der Waals surface area contributed by atoms with Crippen molar-refractivity contribution in [2.45, 2.75) is 19.9 Å². The van der Waals surface area contributed by atoms with Gasteiger partial charge in [-0.1, -0.05) is 48.0 Å². The molecule has 3 aromatic rings. The Morgan fingerprint density at radius 3 is 2.50 bits per heavy atom. The summed E-state index contributed by atoms with van der Waals surface area (Å²) in [5, 5.41) is 11.1. The van der Waals surface area contributed by atoms with E-state index in [1.165, 1.54) is 16.7 Å². The molecule has 0 atom stereocenters. The van der Waals surface area contributed by atoms with Gasteiger partial charge in [0.2, 0.25) is 0 Å². The van der Waals surface area contributed by atoms with E-state index in [-0.39, 0.29) is 0 Å². The van der Waals surface area contributed by atoms with Crippen LogP contribution in [0.5, 0.6) is 0 Å². The smallest absolute Gasteiger partial charge is 0.191 e. The summed E-state index contributed by atoms with van der Waals surface area (Å²) in [7, 11) is 1.79. The number of aryl methyl sites for hydroxylation is 1. The van der Waals surface area contributed by atoms with Crippen molar-refractivity contribution in [3.63, 3.8) is 0 Å². The van der Waals surface area contributed by atoms with E-state index in [0.717, 1.165) is 31.2 Å². The summed E-state index contributed by atoms with van der Waals surface area (Å²) in [5.74, 6) is 0.807. The third-order valence-electron chi connectivity index (χ3n) is 4.17.